The molecule has 0 bridgehead atoms. The summed E-state index contributed by atoms with van der Waals surface area (Å²) in [5.74, 6) is -0.195. The molecule has 0 heterocycles. The SMILES string of the molecule is CCNC(Cc1ccc(Cl)cc1)c1ccc(Br)cc1F. The van der Waals surface area contributed by atoms with Crippen LogP contribution in [0, 0.1) is 5.82 Å². The summed E-state index contributed by atoms with van der Waals surface area (Å²) in [6.07, 6.45) is 0.726. The fourth-order valence-corrected chi connectivity index (χ4v) is 2.64. The summed E-state index contributed by atoms with van der Waals surface area (Å²) >= 11 is 9.17. The highest BCUT2D eigenvalue weighted by atomic mass is 79.9. The molecule has 0 aromatic heterocycles. The lowest BCUT2D eigenvalue weighted by molar-refractivity contribution is 0.509. The Labute approximate surface area is 132 Å². The largest absolute Gasteiger partial charge is 0.310 e. The molecule has 2 aromatic carbocycles. The van der Waals surface area contributed by atoms with E-state index in [1.807, 2.05) is 43.3 Å². The second-order valence-corrected chi connectivity index (χ2v) is 5.96. The van der Waals surface area contributed by atoms with Gasteiger partial charge in [0.2, 0.25) is 0 Å². The molecule has 0 spiro atoms. The Morgan fingerprint density at radius 2 is 1.90 bits per heavy atom. The summed E-state index contributed by atoms with van der Waals surface area (Å²) in [5, 5.41) is 4.05. The average Bonchev–Trinajstić information content (AvgIpc) is 2.41. The fraction of sp³-hybridized carbons (Fsp3) is 0.250. The molecule has 0 fully saturated rings. The van der Waals surface area contributed by atoms with E-state index in [-0.39, 0.29) is 11.9 Å². The second kappa shape index (κ2) is 7.21. The summed E-state index contributed by atoms with van der Waals surface area (Å²) in [4.78, 5) is 0. The zero-order valence-corrected chi connectivity index (χ0v) is 13.5. The van der Waals surface area contributed by atoms with Crippen molar-refractivity contribution < 1.29 is 4.39 Å². The van der Waals surface area contributed by atoms with Crippen LogP contribution in [0.1, 0.15) is 24.1 Å². The van der Waals surface area contributed by atoms with Crippen LogP contribution >= 0.6 is 27.5 Å². The zero-order valence-electron chi connectivity index (χ0n) is 11.2. The van der Waals surface area contributed by atoms with Crippen molar-refractivity contribution in [1.29, 1.82) is 0 Å². The van der Waals surface area contributed by atoms with Gasteiger partial charge in [-0.3, -0.25) is 0 Å². The standard InChI is InChI=1S/C16H16BrClFN/c1-2-20-16(9-11-3-6-13(18)7-4-11)14-8-5-12(17)10-15(14)19/h3-8,10,16,20H,2,9H2,1H3. The average molecular weight is 357 g/mol. The molecule has 1 unspecified atom stereocenters. The van der Waals surface area contributed by atoms with Crippen molar-refractivity contribution >= 4 is 27.5 Å². The van der Waals surface area contributed by atoms with Gasteiger partial charge >= 0.3 is 0 Å². The Morgan fingerprint density at radius 3 is 2.50 bits per heavy atom. The van der Waals surface area contributed by atoms with E-state index < -0.39 is 0 Å². The van der Waals surface area contributed by atoms with Gasteiger partial charge < -0.3 is 5.32 Å². The quantitative estimate of drug-likeness (QED) is 0.782. The molecule has 2 rings (SSSR count). The third-order valence-electron chi connectivity index (χ3n) is 3.14. The van der Waals surface area contributed by atoms with Crippen LogP contribution < -0.4 is 5.32 Å². The van der Waals surface area contributed by atoms with Gasteiger partial charge in [0.1, 0.15) is 5.82 Å². The predicted molar refractivity (Wildman–Crippen MR) is 85.7 cm³/mol. The van der Waals surface area contributed by atoms with Gasteiger partial charge in [0.15, 0.2) is 0 Å². The number of likely N-dealkylation sites (N-methyl/N-ethyl adjacent to an activating group) is 1. The molecule has 1 atom stereocenters. The van der Waals surface area contributed by atoms with Gasteiger partial charge in [0, 0.05) is 21.1 Å². The number of hydrogen-bond acceptors (Lipinski definition) is 1. The minimum absolute atomic E-state index is 0.0470. The molecule has 0 saturated heterocycles. The van der Waals surface area contributed by atoms with Crippen LogP contribution in [0.2, 0.25) is 5.02 Å². The molecule has 0 aliphatic rings. The topological polar surface area (TPSA) is 12.0 Å². The molecule has 0 amide bonds. The lowest BCUT2D eigenvalue weighted by atomic mass is 9.98. The Kier molecular flexibility index (Phi) is 5.58. The van der Waals surface area contributed by atoms with Crippen molar-refractivity contribution in [2.45, 2.75) is 19.4 Å². The van der Waals surface area contributed by atoms with Crippen molar-refractivity contribution in [3.05, 3.63) is 68.9 Å². The molecule has 2 aromatic rings. The van der Waals surface area contributed by atoms with Crippen LogP contribution in [-0.2, 0) is 6.42 Å². The zero-order chi connectivity index (χ0) is 14.5. The van der Waals surface area contributed by atoms with Crippen LogP contribution in [0.4, 0.5) is 4.39 Å². The molecular weight excluding hydrogens is 341 g/mol. The number of rotatable bonds is 5. The summed E-state index contributed by atoms with van der Waals surface area (Å²) in [7, 11) is 0. The van der Waals surface area contributed by atoms with Gasteiger partial charge in [0.25, 0.3) is 0 Å². The van der Waals surface area contributed by atoms with Crippen molar-refractivity contribution in [2.75, 3.05) is 6.54 Å². The van der Waals surface area contributed by atoms with E-state index in [1.165, 1.54) is 6.07 Å². The first-order valence-electron chi connectivity index (χ1n) is 6.53. The molecule has 0 radical (unpaired) electrons. The van der Waals surface area contributed by atoms with Gasteiger partial charge in [-0.25, -0.2) is 4.39 Å². The van der Waals surface area contributed by atoms with Gasteiger partial charge in [-0.15, -0.1) is 0 Å². The molecule has 0 aliphatic carbocycles. The van der Waals surface area contributed by atoms with Crippen molar-refractivity contribution in [3.8, 4) is 0 Å². The molecular formula is C16H16BrClFN. The highest BCUT2D eigenvalue weighted by molar-refractivity contribution is 9.10. The molecule has 0 saturated carbocycles. The third-order valence-corrected chi connectivity index (χ3v) is 3.89. The molecule has 1 nitrogen and oxygen atoms in total. The minimum Gasteiger partial charge on any atom is -0.310 e. The maximum absolute atomic E-state index is 14.1. The Morgan fingerprint density at radius 1 is 1.20 bits per heavy atom. The van der Waals surface area contributed by atoms with E-state index in [2.05, 4.69) is 21.2 Å². The predicted octanol–water partition coefficient (Wildman–Crippen LogP) is 5.13. The number of benzene rings is 2. The number of hydrogen-bond donors (Lipinski definition) is 1. The Hall–Kier alpha value is -0.900. The molecule has 4 heteroatoms. The lowest BCUT2D eigenvalue weighted by Gasteiger charge is -2.19. The van der Waals surface area contributed by atoms with E-state index >= 15 is 0 Å². The van der Waals surface area contributed by atoms with E-state index in [0.29, 0.717) is 10.6 Å². The Balaban J connectivity index is 2.24. The molecule has 20 heavy (non-hydrogen) atoms. The second-order valence-electron chi connectivity index (χ2n) is 4.61. The van der Waals surface area contributed by atoms with Gasteiger partial charge in [-0.05, 0) is 42.8 Å². The van der Waals surface area contributed by atoms with Crippen LogP contribution in [0.3, 0.4) is 0 Å². The summed E-state index contributed by atoms with van der Waals surface area (Å²) in [6.45, 7) is 2.80. The summed E-state index contributed by atoms with van der Waals surface area (Å²) in [6, 6.07) is 12.8. The van der Waals surface area contributed by atoms with Gasteiger partial charge in [-0.2, -0.15) is 0 Å². The van der Waals surface area contributed by atoms with Crippen LogP contribution in [-0.4, -0.2) is 6.54 Å². The van der Waals surface area contributed by atoms with E-state index in [4.69, 9.17) is 11.6 Å². The molecule has 1 N–H and O–H groups in total. The summed E-state index contributed by atoms with van der Waals surface area (Å²) in [5.41, 5.74) is 1.81. The smallest absolute Gasteiger partial charge is 0.129 e. The van der Waals surface area contributed by atoms with Gasteiger partial charge in [0.05, 0.1) is 0 Å². The third kappa shape index (κ3) is 4.05. The fourth-order valence-electron chi connectivity index (χ4n) is 2.18. The highest BCUT2D eigenvalue weighted by Crippen LogP contribution is 2.24. The first-order valence-corrected chi connectivity index (χ1v) is 7.70. The maximum atomic E-state index is 14.1. The van der Waals surface area contributed by atoms with Crippen molar-refractivity contribution in [2.24, 2.45) is 0 Å². The number of halogens is 3. The van der Waals surface area contributed by atoms with Gasteiger partial charge in [-0.1, -0.05) is 52.7 Å². The maximum Gasteiger partial charge on any atom is 0.129 e. The number of nitrogens with one attached hydrogen (secondary N) is 1. The van der Waals surface area contributed by atoms with E-state index in [1.54, 1.807) is 0 Å². The molecule has 0 aliphatic heterocycles. The summed E-state index contributed by atoms with van der Waals surface area (Å²) < 4.78 is 14.9. The first kappa shape index (κ1) is 15.5. The van der Waals surface area contributed by atoms with Crippen LogP contribution in [0.25, 0.3) is 0 Å². The Bertz CT molecular complexity index is 571. The lowest BCUT2D eigenvalue weighted by Crippen LogP contribution is -2.24. The van der Waals surface area contributed by atoms with Crippen LogP contribution in [0.5, 0.6) is 0 Å². The van der Waals surface area contributed by atoms with Crippen molar-refractivity contribution in [3.63, 3.8) is 0 Å². The van der Waals surface area contributed by atoms with Crippen LogP contribution in [0.15, 0.2) is 46.9 Å². The monoisotopic (exact) mass is 355 g/mol. The van der Waals surface area contributed by atoms with E-state index in [9.17, 15) is 4.39 Å². The van der Waals surface area contributed by atoms with E-state index in [0.717, 1.165) is 23.0 Å². The molecule has 106 valence electrons. The highest BCUT2D eigenvalue weighted by Gasteiger charge is 2.15. The minimum atomic E-state index is -0.195. The first-order chi connectivity index (χ1) is 9.60. The normalized spacial score (nSPS) is 12.4. The van der Waals surface area contributed by atoms with Crippen molar-refractivity contribution in [1.82, 2.24) is 5.32 Å².